The second-order valence-corrected chi connectivity index (χ2v) is 3.23. The molecule has 1 aromatic rings. The van der Waals surface area contributed by atoms with E-state index in [1.165, 1.54) is 6.08 Å². The van der Waals surface area contributed by atoms with Gasteiger partial charge in [-0.25, -0.2) is 4.79 Å². The van der Waals surface area contributed by atoms with Crippen LogP contribution in [0.4, 0.5) is 5.69 Å². The maximum Gasteiger partial charge on any atom is 0.328 e. The summed E-state index contributed by atoms with van der Waals surface area (Å²) < 4.78 is 0. The monoisotopic (exact) mass is 211 g/mol. The van der Waals surface area contributed by atoms with Gasteiger partial charge in [-0.15, -0.1) is 0 Å². The third-order valence-electron chi connectivity index (χ3n) is 1.86. The number of hydrogen-bond donors (Lipinski definition) is 2. The van der Waals surface area contributed by atoms with Crippen LogP contribution in [-0.2, 0) is 4.79 Å². The third-order valence-corrected chi connectivity index (χ3v) is 2.37. The van der Waals surface area contributed by atoms with E-state index in [0.29, 0.717) is 16.3 Å². The SMILES string of the molecule is Cc1c(N)ccc(C=CC(=O)O)c1Cl. The lowest BCUT2D eigenvalue weighted by Crippen LogP contribution is -1.92. The van der Waals surface area contributed by atoms with Gasteiger partial charge in [0.2, 0.25) is 0 Å². The Balaban J connectivity index is 3.12. The molecule has 0 fully saturated rings. The molecule has 3 nitrogen and oxygen atoms in total. The van der Waals surface area contributed by atoms with Crippen LogP contribution in [0.25, 0.3) is 6.08 Å². The molecule has 0 aromatic heterocycles. The van der Waals surface area contributed by atoms with Crippen LogP contribution < -0.4 is 5.73 Å². The Hall–Kier alpha value is -1.48. The van der Waals surface area contributed by atoms with Gasteiger partial charge >= 0.3 is 5.97 Å². The zero-order chi connectivity index (χ0) is 10.7. The van der Waals surface area contributed by atoms with Gasteiger partial charge in [-0.3, -0.25) is 0 Å². The molecule has 1 aromatic carbocycles. The van der Waals surface area contributed by atoms with Crippen molar-refractivity contribution in [2.75, 3.05) is 5.73 Å². The van der Waals surface area contributed by atoms with Crippen LogP contribution in [-0.4, -0.2) is 11.1 Å². The summed E-state index contributed by atoms with van der Waals surface area (Å²) in [6.45, 7) is 1.79. The van der Waals surface area contributed by atoms with Gasteiger partial charge < -0.3 is 10.8 Å². The van der Waals surface area contributed by atoms with Gasteiger partial charge in [-0.2, -0.15) is 0 Å². The molecule has 0 saturated carbocycles. The fourth-order valence-electron chi connectivity index (χ4n) is 1.01. The van der Waals surface area contributed by atoms with Crippen molar-refractivity contribution in [1.29, 1.82) is 0 Å². The Morgan fingerprint density at radius 2 is 2.21 bits per heavy atom. The predicted molar refractivity (Wildman–Crippen MR) is 57.3 cm³/mol. The minimum atomic E-state index is -1.00. The zero-order valence-corrected chi connectivity index (χ0v) is 8.38. The number of halogens is 1. The van der Waals surface area contributed by atoms with E-state index in [-0.39, 0.29) is 0 Å². The van der Waals surface area contributed by atoms with Crippen molar-refractivity contribution in [2.45, 2.75) is 6.92 Å². The van der Waals surface area contributed by atoms with Crippen LogP contribution >= 0.6 is 11.6 Å². The normalized spacial score (nSPS) is 10.7. The van der Waals surface area contributed by atoms with E-state index in [9.17, 15) is 4.79 Å². The highest BCUT2D eigenvalue weighted by Gasteiger charge is 2.03. The Bertz CT molecular complexity index is 399. The summed E-state index contributed by atoms with van der Waals surface area (Å²) in [6.07, 6.45) is 2.48. The molecule has 0 heterocycles. The van der Waals surface area contributed by atoms with E-state index in [1.54, 1.807) is 19.1 Å². The summed E-state index contributed by atoms with van der Waals surface area (Å²) in [6, 6.07) is 3.38. The van der Waals surface area contributed by atoms with Crippen molar-refractivity contribution in [3.8, 4) is 0 Å². The highest BCUT2D eigenvalue weighted by Crippen LogP contribution is 2.26. The molecule has 74 valence electrons. The number of carboxylic acid groups (broad SMARTS) is 1. The number of carbonyl (C=O) groups is 1. The van der Waals surface area contributed by atoms with E-state index >= 15 is 0 Å². The summed E-state index contributed by atoms with van der Waals surface area (Å²) in [5.74, 6) is -1.00. The largest absolute Gasteiger partial charge is 0.478 e. The number of anilines is 1. The van der Waals surface area contributed by atoms with Crippen molar-refractivity contribution < 1.29 is 9.90 Å². The first kappa shape index (κ1) is 10.6. The fraction of sp³-hybridized carbons (Fsp3) is 0.100. The molecule has 0 aliphatic carbocycles. The van der Waals surface area contributed by atoms with Crippen LogP contribution in [0.2, 0.25) is 5.02 Å². The van der Waals surface area contributed by atoms with Crippen molar-refractivity contribution in [3.63, 3.8) is 0 Å². The smallest absolute Gasteiger partial charge is 0.328 e. The molecule has 0 aliphatic heterocycles. The van der Waals surface area contributed by atoms with E-state index < -0.39 is 5.97 Å². The van der Waals surface area contributed by atoms with Crippen molar-refractivity contribution in [3.05, 3.63) is 34.4 Å². The van der Waals surface area contributed by atoms with Gasteiger partial charge in [-0.05, 0) is 30.2 Å². The molecule has 1 rings (SSSR count). The molecule has 0 spiro atoms. The minimum absolute atomic E-state index is 0.488. The van der Waals surface area contributed by atoms with Crippen LogP contribution in [0.5, 0.6) is 0 Å². The number of nitrogens with two attached hydrogens (primary N) is 1. The first-order chi connectivity index (χ1) is 6.52. The maximum atomic E-state index is 10.3. The molecule has 3 N–H and O–H groups in total. The summed E-state index contributed by atoms with van der Waals surface area (Å²) in [4.78, 5) is 10.3. The van der Waals surface area contributed by atoms with E-state index in [1.807, 2.05) is 0 Å². The molecule has 0 atom stereocenters. The van der Waals surface area contributed by atoms with E-state index in [0.717, 1.165) is 11.6 Å². The summed E-state index contributed by atoms with van der Waals surface area (Å²) in [7, 11) is 0. The number of carboxylic acids is 1. The molecule has 0 saturated heterocycles. The number of rotatable bonds is 2. The zero-order valence-electron chi connectivity index (χ0n) is 7.62. The average Bonchev–Trinajstić information content (AvgIpc) is 2.13. The third kappa shape index (κ3) is 2.26. The number of aliphatic carboxylic acids is 1. The average molecular weight is 212 g/mol. The molecule has 0 amide bonds. The number of hydrogen-bond acceptors (Lipinski definition) is 2. The number of benzene rings is 1. The summed E-state index contributed by atoms with van der Waals surface area (Å²) >= 11 is 5.96. The molecule has 0 aliphatic rings. The topological polar surface area (TPSA) is 63.3 Å². The molecule has 14 heavy (non-hydrogen) atoms. The van der Waals surface area contributed by atoms with Crippen LogP contribution in [0.1, 0.15) is 11.1 Å². The second kappa shape index (κ2) is 4.15. The Labute approximate surface area is 86.8 Å². The lowest BCUT2D eigenvalue weighted by Gasteiger charge is -2.05. The van der Waals surface area contributed by atoms with Gasteiger partial charge in [0.25, 0.3) is 0 Å². The van der Waals surface area contributed by atoms with Crippen molar-refractivity contribution in [1.82, 2.24) is 0 Å². The molecule has 4 heteroatoms. The second-order valence-electron chi connectivity index (χ2n) is 2.85. The lowest BCUT2D eigenvalue weighted by atomic mass is 10.1. The van der Waals surface area contributed by atoms with Gasteiger partial charge in [0.05, 0.1) is 5.02 Å². The summed E-state index contributed by atoms with van der Waals surface area (Å²) in [5, 5.41) is 8.92. The Morgan fingerprint density at radius 1 is 1.57 bits per heavy atom. The fourth-order valence-corrected chi connectivity index (χ4v) is 1.25. The predicted octanol–water partition coefficient (Wildman–Crippen LogP) is 2.33. The summed E-state index contributed by atoms with van der Waals surface area (Å²) in [5.41, 5.74) is 7.64. The first-order valence-electron chi connectivity index (χ1n) is 3.98. The minimum Gasteiger partial charge on any atom is -0.478 e. The highest BCUT2D eigenvalue weighted by molar-refractivity contribution is 6.33. The number of nitrogen functional groups attached to an aromatic ring is 1. The molecular formula is C10H10ClNO2. The Morgan fingerprint density at radius 3 is 2.79 bits per heavy atom. The molecular weight excluding hydrogens is 202 g/mol. The van der Waals surface area contributed by atoms with Crippen LogP contribution in [0, 0.1) is 6.92 Å². The van der Waals surface area contributed by atoms with Crippen LogP contribution in [0.3, 0.4) is 0 Å². The van der Waals surface area contributed by atoms with Gasteiger partial charge in [0.15, 0.2) is 0 Å². The van der Waals surface area contributed by atoms with Gasteiger partial charge in [-0.1, -0.05) is 17.7 Å². The van der Waals surface area contributed by atoms with Crippen LogP contribution in [0.15, 0.2) is 18.2 Å². The van der Waals surface area contributed by atoms with E-state index in [4.69, 9.17) is 22.4 Å². The van der Waals surface area contributed by atoms with Crippen molar-refractivity contribution >= 4 is 29.3 Å². The van der Waals surface area contributed by atoms with E-state index in [2.05, 4.69) is 0 Å². The maximum absolute atomic E-state index is 10.3. The Kier molecular flexibility index (Phi) is 3.14. The van der Waals surface area contributed by atoms with Gasteiger partial charge in [0, 0.05) is 11.8 Å². The lowest BCUT2D eigenvalue weighted by molar-refractivity contribution is -0.131. The van der Waals surface area contributed by atoms with Crippen molar-refractivity contribution in [2.24, 2.45) is 0 Å². The quantitative estimate of drug-likeness (QED) is 0.583. The molecule has 0 bridgehead atoms. The highest BCUT2D eigenvalue weighted by atomic mass is 35.5. The molecule has 0 unspecified atom stereocenters. The molecule has 0 radical (unpaired) electrons. The van der Waals surface area contributed by atoms with Gasteiger partial charge in [0.1, 0.15) is 0 Å². The standard InChI is InChI=1S/C10H10ClNO2/c1-6-8(12)4-2-7(10(6)11)3-5-9(13)14/h2-5H,12H2,1H3,(H,13,14). The first-order valence-corrected chi connectivity index (χ1v) is 4.35.